The standard InChI is InChI=1S/C23H37N5O3/c1-6-18-9-7-8-10-19(18)24-20(29)16-27-11-13-28(14-12-27)17-22(31)26(5)15-21(30)25-23(2,3)4/h7-10H,6,11-17H2,1-5H3,(H,24,29)(H,25,30)/p+2. The van der Waals surface area contributed by atoms with Gasteiger partial charge >= 0.3 is 0 Å². The Morgan fingerprint density at radius 3 is 2.13 bits per heavy atom. The fourth-order valence-electron chi connectivity index (χ4n) is 3.79. The lowest BCUT2D eigenvalue weighted by atomic mass is 10.1. The van der Waals surface area contributed by atoms with E-state index in [0.717, 1.165) is 43.9 Å². The lowest BCUT2D eigenvalue weighted by Gasteiger charge is -2.30. The summed E-state index contributed by atoms with van der Waals surface area (Å²) in [6.07, 6.45) is 0.881. The Morgan fingerprint density at radius 1 is 0.968 bits per heavy atom. The number of hydrogen-bond acceptors (Lipinski definition) is 3. The van der Waals surface area contributed by atoms with Gasteiger partial charge in [0.15, 0.2) is 13.1 Å². The number of benzene rings is 1. The van der Waals surface area contributed by atoms with Gasteiger partial charge in [-0.3, -0.25) is 14.4 Å². The summed E-state index contributed by atoms with van der Waals surface area (Å²) in [5, 5.41) is 5.91. The number of rotatable bonds is 8. The number of amides is 3. The van der Waals surface area contributed by atoms with E-state index >= 15 is 0 Å². The molecule has 0 unspecified atom stereocenters. The van der Waals surface area contributed by atoms with Crippen LogP contribution in [0.3, 0.4) is 0 Å². The van der Waals surface area contributed by atoms with Gasteiger partial charge in [-0.15, -0.1) is 0 Å². The molecule has 1 aliphatic rings. The zero-order valence-corrected chi connectivity index (χ0v) is 19.6. The number of carbonyl (C=O) groups excluding carboxylic acids is 3. The monoisotopic (exact) mass is 433 g/mol. The van der Waals surface area contributed by atoms with Crippen molar-refractivity contribution in [2.75, 3.05) is 58.2 Å². The topological polar surface area (TPSA) is 87.4 Å². The van der Waals surface area contributed by atoms with Crippen LogP contribution in [0.25, 0.3) is 0 Å². The fourth-order valence-corrected chi connectivity index (χ4v) is 3.79. The number of aryl methyl sites for hydroxylation is 1. The normalized spacial score (nSPS) is 18.9. The van der Waals surface area contributed by atoms with Crippen LogP contribution in [-0.4, -0.2) is 81.0 Å². The first-order valence-corrected chi connectivity index (χ1v) is 11.2. The van der Waals surface area contributed by atoms with Crippen molar-refractivity contribution >= 4 is 23.4 Å². The van der Waals surface area contributed by atoms with Crippen LogP contribution in [0, 0.1) is 0 Å². The highest BCUT2D eigenvalue weighted by Gasteiger charge is 2.28. The quantitative estimate of drug-likeness (QED) is 0.396. The molecule has 1 heterocycles. The van der Waals surface area contributed by atoms with Crippen LogP contribution in [0.5, 0.6) is 0 Å². The van der Waals surface area contributed by atoms with Gasteiger partial charge in [0.25, 0.3) is 11.8 Å². The molecule has 31 heavy (non-hydrogen) atoms. The molecule has 1 fully saturated rings. The Labute approximate surface area is 185 Å². The number of para-hydroxylation sites is 1. The van der Waals surface area contributed by atoms with Crippen molar-refractivity contribution in [1.82, 2.24) is 10.2 Å². The lowest BCUT2D eigenvalue weighted by molar-refractivity contribution is -1.00. The van der Waals surface area contributed by atoms with Gasteiger partial charge in [-0.05, 0) is 38.8 Å². The van der Waals surface area contributed by atoms with E-state index in [1.54, 1.807) is 7.05 Å². The smallest absolute Gasteiger partial charge is 0.279 e. The van der Waals surface area contributed by atoms with E-state index in [1.165, 1.54) is 14.7 Å². The van der Waals surface area contributed by atoms with Crippen molar-refractivity contribution < 1.29 is 24.2 Å². The van der Waals surface area contributed by atoms with Crippen molar-refractivity contribution in [1.29, 1.82) is 0 Å². The van der Waals surface area contributed by atoms with Crippen molar-refractivity contribution in [2.45, 2.75) is 39.7 Å². The summed E-state index contributed by atoms with van der Waals surface area (Å²) in [5.74, 6) is -0.153. The van der Waals surface area contributed by atoms with Crippen molar-refractivity contribution in [3.63, 3.8) is 0 Å². The zero-order chi connectivity index (χ0) is 23.0. The van der Waals surface area contributed by atoms with Crippen LogP contribution in [0.1, 0.15) is 33.3 Å². The maximum Gasteiger partial charge on any atom is 0.279 e. The van der Waals surface area contributed by atoms with Gasteiger partial charge in [-0.1, -0.05) is 25.1 Å². The molecule has 0 aromatic heterocycles. The average Bonchev–Trinajstić information content (AvgIpc) is 2.68. The first kappa shape index (κ1) is 24.8. The highest BCUT2D eigenvalue weighted by atomic mass is 16.2. The largest absolute Gasteiger partial charge is 0.350 e. The molecule has 0 radical (unpaired) electrons. The average molecular weight is 434 g/mol. The van der Waals surface area contributed by atoms with E-state index in [9.17, 15) is 14.4 Å². The van der Waals surface area contributed by atoms with E-state index in [0.29, 0.717) is 13.1 Å². The minimum absolute atomic E-state index is 0.0278. The summed E-state index contributed by atoms with van der Waals surface area (Å²) in [4.78, 5) is 40.9. The van der Waals surface area contributed by atoms with Gasteiger partial charge in [-0.2, -0.15) is 0 Å². The molecule has 1 aromatic rings. The number of quaternary nitrogens is 2. The number of anilines is 1. The molecule has 3 amide bonds. The first-order valence-electron chi connectivity index (χ1n) is 11.2. The van der Waals surface area contributed by atoms with Gasteiger partial charge in [0.1, 0.15) is 26.2 Å². The van der Waals surface area contributed by atoms with Gasteiger partial charge in [-0.25, -0.2) is 0 Å². The van der Waals surface area contributed by atoms with Crippen LogP contribution in [0.15, 0.2) is 24.3 Å². The second-order valence-corrected chi connectivity index (χ2v) is 9.46. The molecule has 4 N–H and O–H groups in total. The summed E-state index contributed by atoms with van der Waals surface area (Å²) in [5.41, 5.74) is 1.72. The molecule has 172 valence electrons. The Morgan fingerprint density at radius 2 is 1.55 bits per heavy atom. The van der Waals surface area contributed by atoms with Crippen LogP contribution in [0.4, 0.5) is 5.69 Å². The van der Waals surface area contributed by atoms with Gasteiger partial charge in [0.2, 0.25) is 5.91 Å². The number of carbonyl (C=O) groups is 3. The minimum Gasteiger partial charge on any atom is -0.350 e. The second-order valence-electron chi connectivity index (χ2n) is 9.46. The third kappa shape index (κ3) is 8.67. The van der Waals surface area contributed by atoms with Crippen LogP contribution in [-0.2, 0) is 20.8 Å². The van der Waals surface area contributed by atoms with Crippen LogP contribution in [0.2, 0.25) is 0 Å². The molecule has 0 saturated carbocycles. The summed E-state index contributed by atoms with van der Waals surface area (Å²) < 4.78 is 0. The van der Waals surface area contributed by atoms with E-state index < -0.39 is 0 Å². The molecule has 8 heteroatoms. The second kappa shape index (κ2) is 11.2. The number of nitrogens with one attached hydrogen (secondary N) is 4. The Hall–Kier alpha value is -2.45. The van der Waals surface area contributed by atoms with Crippen LogP contribution < -0.4 is 20.4 Å². The van der Waals surface area contributed by atoms with Gasteiger partial charge in [0, 0.05) is 18.3 Å². The third-order valence-electron chi connectivity index (χ3n) is 5.47. The number of hydrogen-bond donors (Lipinski definition) is 4. The summed E-state index contributed by atoms with van der Waals surface area (Å²) >= 11 is 0. The fraction of sp³-hybridized carbons (Fsp3) is 0.609. The summed E-state index contributed by atoms with van der Waals surface area (Å²) in [6.45, 7) is 12.1. The summed E-state index contributed by atoms with van der Waals surface area (Å²) in [7, 11) is 1.67. The SMILES string of the molecule is CCc1ccccc1NC(=O)C[NH+]1CC[NH+](CC(=O)N(C)CC(=O)NC(C)(C)C)CC1. The van der Waals surface area contributed by atoms with Gasteiger partial charge in [0.05, 0.1) is 6.54 Å². The number of piperazine rings is 1. The molecule has 2 rings (SSSR count). The zero-order valence-electron chi connectivity index (χ0n) is 19.6. The molecule has 8 nitrogen and oxygen atoms in total. The van der Waals surface area contributed by atoms with E-state index in [1.807, 2.05) is 45.0 Å². The predicted octanol–water partition coefficient (Wildman–Crippen LogP) is -1.66. The molecule has 1 aromatic carbocycles. The summed E-state index contributed by atoms with van der Waals surface area (Å²) in [6, 6.07) is 7.89. The van der Waals surface area contributed by atoms with Gasteiger partial charge < -0.3 is 25.3 Å². The molecular formula is C23H39N5O3+2. The van der Waals surface area contributed by atoms with E-state index in [-0.39, 0.29) is 29.8 Å². The minimum atomic E-state index is -0.309. The highest BCUT2D eigenvalue weighted by molar-refractivity contribution is 5.92. The Balaban J connectivity index is 1.72. The highest BCUT2D eigenvalue weighted by Crippen LogP contribution is 2.14. The molecule has 1 saturated heterocycles. The van der Waals surface area contributed by atoms with E-state index in [2.05, 4.69) is 17.6 Å². The maximum absolute atomic E-state index is 12.5. The molecule has 0 bridgehead atoms. The Kier molecular flexibility index (Phi) is 9.00. The van der Waals surface area contributed by atoms with E-state index in [4.69, 9.17) is 0 Å². The molecule has 0 spiro atoms. The predicted molar refractivity (Wildman–Crippen MR) is 121 cm³/mol. The van der Waals surface area contributed by atoms with Crippen molar-refractivity contribution in [3.05, 3.63) is 29.8 Å². The lowest BCUT2D eigenvalue weighted by Crippen LogP contribution is -3.28. The number of nitrogens with zero attached hydrogens (tertiary/aromatic N) is 1. The molecule has 0 atom stereocenters. The number of likely N-dealkylation sites (N-methyl/N-ethyl adjacent to an activating group) is 1. The third-order valence-corrected chi connectivity index (χ3v) is 5.47. The first-order chi connectivity index (χ1) is 14.6. The van der Waals surface area contributed by atoms with Crippen molar-refractivity contribution in [3.8, 4) is 0 Å². The molecule has 0 aliphatic carbocycles. The molecule has 1 aliphatic heterocycles. The van der Waals surface area contributed by atoms with Crippen LogP contribution >= 0.6 is 0 Å². The Bertz CT molecular complexity index is 767. The molecular weight excluding hydrogens is 394 g/mol. The maximum atomic E-state index is 12.5. The van der Waals surface area contributed by atoms with Crippen molar-refractivity contribution in [2.24, 2.45) is 0 Å².